The van der Waals surface area contributed by atoms with Crippen LogP contribution in [0.3, 0.4) is 0 Å². The first-order valence-electron chi connectivity index (χ1n) is 8.31. The third kappa shape index (κ3) is 4.60. The molecule has 3 rings (SSSR count). The number of hydrogen-bond donors (Lipinski definition) is 2. The lowest BCUT2D eigenvalue weighted by molar-refractivity contribution is -0.115. The lowest BCUT2D eigenvalue weighted by Crippen LogP contribution is -2.23. The number of anilines is 1. The predicted octanol–water partition coefficient (Wildman–Crippen LogP) is 4.08. The summed E-state index contributed by atoms with van der Waals surface area (Å²) in [5.41, 5.74) is 0.920. The quantitative estimate of drug-likeness (QED) is 0.487. The summed E-state index contributed by atoms with van der Waals surface area (Å²) in [6, 6.07) is 17.7. The molecule has 0 radical (unpaired) electrons. The SMILES string of the molecule is C[C@@H](Sc1nc(-c2ccccc2)c(C#N)c(=O)[nH]1)C(=O)Nc1cccc(Cl)c1. The van der Waals surface area contributed by atoms with Gasteiger partial charge in [0.1, 0.15) is 11.6 Å². The highest BCUT2D eigenvalue weighted by atomic mass is 35.5. The fourth-order valence-corrected chi connectivity index (χ4v) is 3.43. The van der Waals surface area contributed by atoms with Gasteiger partial charge in [0.05, 0.1) is 10.9 Å². The molecule has 0 aliphatic rings. The molecule has 1 amide bonds. The first kappa shape index (κ1) is 19.7. The van der Waals surface area contributed by atoms with Crippen LogP contribution < -0.4 is 10.9 Å². The van der Waals surface area contributed by atoms with Crippen LogP contribution in [0.15, 0.2) is 64.5 Å². The Morgan fingerprint density at radius 2 is 2.00 bits per heavy atom. The number of aromatic amines is 1. The van der Waals surface area contributed by atoms with Crippen molar-refractivity contribution in [3.05, 3.63) is 75.5 Å². The fourth-order valence-electron chi connectivity index (χ4n) is 2.45. The fraction of sp³-hybridized carbons (Fsp3) is 0.100. The average molecular weight is 411 g/mol. The molecule has 8 heteroatoms. The number of H-pyrrole nitrogens is 1. The van der Waals surface area contributed by atoms with Gasteiger partial charge in [0.25, 0.3) is 5.56 Å². The molecular weight excluding hydrogens is 396 g/mol. The second-order valence-electron chi connectivity index (χ2n) is 5.83. The van der Waals surface area contributed by atoms with E-state index in [9.17, 15) is 14.9 Å². The normalized spacial score (nSPS) is 11.5. The van der Waals surface area contributed by atoms with E-state index in [-0.39, 0.29) is 22.3 Å². The molecule has 0 saturated carbocycles. The van der Waals surface area contributed by atoms with E-state index >= 15 is 0 Å². The summed E-state index contributed by atoms with van der Waals surface area (Å²) in [7, 11) is 0. The second kappa shape index (κ2) is 8.74. The monoisotopic (exact) mass is 410 g/mol. The van der Waals surface area contributed by atoms with Crippen LogP contribution in [-0.2, 0) is 4.79 Å². The van der Waals surface area contributed by atoms with Gasteiger partial charge in [-0.15, -0.1) is 0 Å². The van der Waals surface area contributed by atoms with Crippen LogP contribution in [0.2, 0.25) is 5.02 Å². The Labute approximate surface area is 170 Å². The highest BCUT2D eigenvalue weighted by Crippen LogP contribution is 2.25. The molecule has 0 saturated heterocycles. The Hall–Kier alpha value is -3.08. The van der Waals surface area contributed by atoms with Crippen LogP contribution in [-0.4, -0.2) is 21.1 Å². The van der Waals surface area contributed by atoms with Gasteiger partial charge in [0, 0.05) is 16.3 Å². The maximum absolute atomic E-state index is 12.4. The van der Waals surface area contributed by atoms with Crippen molar-refractivity contribution in [2.45, 2.75) is 17.3 Å². The summed E-state index contributed by atoms with van der Waals surface area (Å²) in [5.74, 6) is -0.263. The number of nitrogens with zero attached hydrogens (tertiary/aromatic N) is 2. The Morgan fingerprint density at radius 3 is 2.68 bits per heavy atom. The van der Waals surface area contributed by atoms with E-state index in [1.165, 1.54) is 0 Å². The number of amides is 1. The number of thioether (sulfide) groups is 1. The molecule has 0 bridgehead atoms. The molecule has 2 N–H and O–H groups in total. The summed E-state index contributed by atoms with van der Waals surface area (Å²) in [5, 5.41) is 12.3. The second-order valence-corrected chi connectivity index (χ2v) is 7.60. The highest BCUT2D eigenvalue weighted by molar-refractivity contribution is 8.00. The molecule has 3 aromatic rings. The average Bonchev–Trinajstić information content (AvgIpc) is 2.68. The minimum atomic E-state index is -0.543. The zero-order valence-electron chi connectivity index (χ0n) is 14.8. The van der Waals surface area contributed by atoms with Gasteiger partial charge in [-0.3, -0.25) is 9.59 Å². The summed E-state index contributed by atoms with van der Waals surface area (Å²) < 4.78 is 0. The molecular formula is C20H15ClN4O2S. The smallest absolute Gasteiger partial charge is 0.270 e. The van der Waals surface area contributed by atoms with Crippen LogP contribution in [0.4, 0.5) is 5.69 Å². The van der Waals surface area contributed by atoms with Crippen molar-refractivity contribution in [1.29, 1.82) is 5.26 Å². The van der Waals surface area contributed by atoms with Crippen molar-refractivity contribution >= 4 is 35.0 Å². The van der Waals surface area contributed by atoms with E-state index in [0.29, 0.717) is 16.3 Å². The van der Waals surface area contributed by atoms with E-state index in [1.807, 2.05) is 12.1 Å². The van der Waals surface area contributed by atoms with Crippen LogP contribution in [0, 0.1) is 11.3 Å². The lowest BCUT2D eigenvalue weighted by Gasteiger charge is -2.12. The molecule has 0 fully saturated rings. The van der Waals surface area contributed by atoms with Crippen molar-refractivity contribution in [3.8, 4) is 17.3 Å². The van der Waals surface area contributed by atoms with E-state index in [1.54, 1.807) is 55.5 Å². The molecule has 0 spiro atoms. The summed E-state index contributed by atoms with van der Waals surface area (Å²) in [6.45, 7) is 1.70. The van der Waals surface area contributed by atoms with E-state index in [0.717, 1.165) is 11.8 Å². The van der Waals surface area contributed by atoms with Gasteiger partial charge in [-0.25, -0.2) is 4.98 Å². The molecule has 1 aromatic heterocycles. The van der Waals surface area contributed by atoms with Crippen molar-refractivity contribution in [2.75, 3.05) is 5.32 Å². The molecule has 2 aromatic carbocycles. The number of nitrogens with one attached hydrogen (secondary N) is 2. The van der Waals surface area contributed by atoms with Crippen molar-refractivity contribution in [2.24, 2.45) is 0 Å². The van der Waals surface area contributed by atoms with Gasteiger partial charge in [-0.2, -0.15) is 5.26 Å². The zero-order chi connectivity index (χ0) is 20.1. The standard InChI is InChI=1S/C20H15ClN4O2S/c1-12(18(26)23-15-9-5-8-14(21)10-15)28-20-24-17(13-6-3-2-4-7-13)16(11-22)19(27)25-20/h2-10,12H,1H3,(H,23,26)(H,24,25,27)/t12-/m1/s1. The number of carbonyl (C=O) groups excluding carboxylic acids is 1. The minimum absolute atomic E-state index is 0.0633. The number of benzene rings is 2. The van der Waals surface area contributed by atoms with Gasteiger partial charge in [0.15, 0.2) is 5.16 Å². The Bertz CT molecular complexity index is 1110. The summed E-state index contributed by atoms with van der Waals surface area (Å²) in [4.78, 5) is 31.7. The predicted molar refractivity (Wildman–Crippen MR) is 110 cm³/mol. The molecule has 6 nitrogen and oxygen atoms in total. The van der Waals surface area contributed by atoms with E-state index in [2.05, 4.69) is 15.3 Å². The molecule has 0 aliphatic carbocycles. The van der Waals surface area contributed by atoms with E-state index < -0.39 is 10.8 Å². The molecule has 1 heterocycles. The number of hydrogen-bond acceptors (Lipinski definition) is 5. The number of aromatic nitrogens is 2. The van der Waals surface area contributed by atoms with Gasteiger partial charge < -0.3 is 10.3 Å². The number of rotatable bonds is 5. The van der Waals surface area contributed by atoms with Crippen LogP contribution in [0.5, 0.6) is 0 Å². The Morgan fingerprint density at radius 1 is 1.25 bits per heavy atom. The van der Waals surface area contributed by atoms with Gasteiger partial charge in [-0.05, 0) is 25.1 Å². The third-order valence-electron chi connectivity index (χ3n) is 3.81. The molecule has 1 atom stereocenters. The van der Waals surface area contributed by atoms with Crippen molar-refractivity contribution in [1.82, 2.24) is 9.97 Å². The molecule has 28 heavy (non-hydrogen) atoms. The maximum Gasteiger partial charge on any atom is 0.270 e. The lowest BCUT2D eigenvalue weighted by atomic mass is 10.1. The molecule has 140 valence electrons. The summed E-state index contributed by atoms with van der Waals surface area (Å²) in [6.07, 6.45) is 0. The number of nitriles is 1. The van der Waals surface area contributed by atoms with Crippen LogP contribution in [0.25, 0.3) is 11.3 Å². The van der Waals surface area contributed by atoms with Crippen LogP contribution >= 0.6 is 23.4 Å². The number of halogens is 1. The first-order chi connectivity index (χ1) is 13.5. The van der Waals surface area contributed by atoms with Crippen molar-refractivity contribution in [3.63, 3.8) is 0 Å². The number of carbonyl (C=O) groups is 1. The highest BCUT2D eigenvalue weighted by Gasteiger charge is 2.19. The van der Waals surface area contributed by atoms with Gasteiger partial charge >= 0.3 is 0 Å². The Kier molecular flexibility index (Phi) is 6.14. The van der Waals surface area contributed by atoms with Gasteiger partial charge in [-0.1, -0.05) is 59.8 Å². The topological polar surface area (TPSA) is 98.6 Å². The van der Waals surface area contributed by atoms with Crippen LogP contribution in [0.1, 0.15) is 12.5 Å². The van der Waals surface area contributed by atoms with E-state index in [4.69, 9.17) is 11.6 Å². The molecule has 0 aliphatic heterocycles. The molecule has 0 unspecified atom stereocenters. The first-order valence-corrected chi connectivity index (χ1v) is 9.56. The Balaban J connectivity index is 1.84. The summed E-state index contributed by atoms with van der Waals surface area (Å²) >= 11 is 7.02. The maximum atomic E-state index is 12.4. The largest absolute Gasteiger partial charge is 0.325 e. The van der Waals surface area contributed by atoms with Crippen molar-refractivity contribution < 1.29 is 4.79 Å². The van der Waals surface area contributed by atoms with Gasteiger partial charge in [0.2, 0.25) is 5.91 Å². The minimum Gasteiger partial charge on any atom is -0.325 e. The third-order valence-corrected chi connectivity index (χ3v) is 5.03. The zero-order valence-corrected chi connectivity index (χ0v) is 16.3.